The van der Waals surface area contributed by atoms with Crippen LogP contribution in [-0.4, -0.2) is 19.1 Å². The Morgan fingerprint density at radius 1 is 1.00 bits per heavy atom. The molecular formula is C13H15F5N2. The second kappa shape index (κ2) is 5.55. The molecule has 0 bridgehead atoms. The maximum atomic E-state index is 13.8. The zero-order chi connectivity index (χ0) is 15.0. The number of nitrogens with two attached hydrogens (primary N) is 1. The fraction of sp³-hybridized carbons (Fsp3) is 0.538. The largest absolute Gasteiger partial charge is 0.362 e. The van der Waals surface area contributed by atoms with Gasteiger partial charge in [0.1, 0.15) is 5.69 Å². The van der Waals surface area contributed by atoms with Gasteiger partial charge in [0.2, 0.25) is 5.82 Å². The van der Waals surface area contributed by atoms with Gasteiger partial charge in [-0.3, -0.25) is 0 Å². The van der Waals surface area contributed by atoms with E-state index in [2.05, 4.69) is 0 Å². The summed E-state index contributed by atoms with van der Waals surface area (Å²) in [6.45, 7) is 2.25. The Balaban J connectivity index is 2.52. The molecule has 1 aliphatic rings. The first-order chi connectivity index (χ1) is 9.38. The fourth-order valence-electron chi connectivity index (χ4n) is 2.61. The Hall–Kier alpha value is -1.37. The Labute approximate surface area is 113 Å². The van der Waals surface area contributed by atoms with Gasteiger partial charge in [-0.25, -0.2) is 22.0 Å². The van der Waals surface area contributed by atoms with Crippen LogP contribution in [0.4, 0.5) is 27.6 Å². The van der Waals surface area contributed by atoms with Gasteiger partial charge in [-0.05, 0) is 18.8 Å². The summed E-state index contributed by atoms with van der Waals surface area (Å²) in [5, 5.41) is 0. The van der Waals surface area contributed by atoms with Gasteiger partial charge in [0, 0.05) is 19.1 Å². The molecule has 2 N–H and O–H groups in total. The number of rotatable bonds is 2. The summed E-state index contributed by atoms with van der Waals surface area (Å²) in [7, 11) is 0. The third-order valence-electron chi connectivity index (χ3n) is 3.72. The summed E-state index contributed by atoms with van der Waals surface area (Å²) in [5.41, 5.74) is 4.68. The van der Waals surface area contributed by atoms with E-state index in [0.717, 1.165) is 0 Å². The molecule has 2 rings (SSSR count). The Morgan fingerprint density at radius 2 is 1.50 bits per heavy atom. The normalized spacial score (nSPS) is 23.2. The van der Waals surface area contributed by atoms with E-state index in [-0.39, 0.29) is 13.1 Å². The third kappa shape index (κ3) is 2.34. The van der Waals surface area contributed by atoms with Gasteiger partial charge in [-0.2, -0.15) is 0 Å². The predicted molar refractivity (Wildman–Crippen MR) is 64.8 cm³/mol. The highest BCUT2D eigenvalue weighted by Gasteiger charge is 2.34. The highest BCUT2D eigenvalue weighted by Crippen LogP contribution is 2.34. The number of hydrogen-bond acceptors (Lipinski definition) is 2. The Morgan fingerprint density at radius 3 is 2.00 bits per heavy atom. The van der Waals surface area contributed by atoms with E-state index in [9.17, 15) is 22.0 Å². The number of anilines is 1. The summed E-state index contributed by atoms with van der Waals surface area (Å²) < 4.78 is 67.1. The van der Waals surface area contributed by atoms with Crippen LogP contribution in [0.1, 0.15) is 19.8 Å². The van der Waals surface area contributed by atoms with Crippen molar-refractivity contribution < 1.29 is 22.0 Å². The molecule has 0 radical (unpaired) electrons. The van der Waals surface area contributed by atoms with E-state index in [1.165, 1.54) is 4.90 Å². The maximum absolute atomic E-state index is 13.8. The van der Waals surface area contributed by atoms with Crippen molar-refractivity contribution in [3.63, 3.8) is 0 Å². The van der Waals surface area contributed by atoms with E-state index >= 15 is 0 Å². The van der Waals surface area contributed by atoms with E-state index < -0.39 is 40.8 Å². The van der Waals surface area contributed by atoms with Gasteiger partial charge in [-0.15, -0.1) is 0 Å². The summed E-state index contributed by atoms with van der Waals surface area (Å²) >= 11 is 0. The first-order valence-corrected chi connectivity index (χ1v) is 6.36. The number of hydrogen-bond donors (Lipinski definition) is 1. The molecule has 0 aromatic heterocycles. The average Bonchev–Trinajstić information content (AvgIpc) is 2.44. The van der Waals surface area contributed by atoms with E-state index in [0.29, 0.717) is 18.8 Å². The van der Waals surface area contributed by atoms with Crippen molar-refractivity contribution in [3.05, 3.63) is 29.1 Å². The second-order valence-electron chi connectivity index (χ2n) is 5.13. The fourth-order valence-corrected chi connectivity index (χ4v) is 2.61. The van der Waals surface area contributed by atoms with Crippen LogP contribution in [0.25, 0.3) is 0 Å². The summed E-state index contributed by atoms with van der Waals surface area (Å²) in [6.07, 6.45) is 1.16. The SMILES string of the molecule is CC1CCN(c2c(F)c(F)c(F)c(F)c2F)C(CN)C1. The number of benzene rings is 1. The van der Waals surface area contributed by atoms with E-state index in [4.69, 9.17) is 5.73 Å². The number of piperidine rings is 1. The molecule has 0 amide bonds. The van der Waals surface area contributed by atoms with Crippen molar-refractivity contribution in [1.82, 2.24) is 0 Å². The summed E-state index contributed by atoms with van der Waals surface area (Å²) in [6, 6.07) is -0.438. The number of halogens is 5. The third-order valence-corrected chi connectivity index (χ3v) is 3.72. The highest BCUT2D eigenvalue weighted by atomic mass is 19.2. The van der Waals surface area contributed by atoms with Gasteiger partial charge < -0.3 is 10.6 Å². The molecular weight excluding hydrogens is 279 g/mol. The van der Waals surface area contributed by atoms with Crippen molar-refractivity contribution in [2.45, 2.75) is 25.8 Å². The van der Waals surface area contributed by atoms with Crippen LogP contribution in [0.5, 0.6) is 0 Å². The molecule has 7 heteroatoms. The molecule has 0 saturated carbocycles. The molecule has 1 heterocycles. The summed E-state index contributed by atoms with van der Waals surface area (Å²) in [4.78, 5) is 1.19. The molecule has 20 heavy (non-hydrogen) atoms. The lowest BCUT2D eigenvalue weighted by Gasteiger charge is -2.39. The molecule has 1 fully saturated rings. The van der Waals surface area contributed by atoms with Crippen molar-refractivity contribution in [1.29, 1.82) is 0 Å². The van der Waals surface area contributed by atoms with Crippen LogP contribution in [0.3, 0.4) is 0 Å². The van der Waals surface area contributed by atoms with Gasteiger partial charge >= 0.3 is 0 Å². The van der Waals surface area contributed by atoms with Crippen molar-refractivity contribution in [3.8, 4) is 0 Å². The predicted octanol–water partition coefficient (Wildman–Crippen LogP) is 2.95. The molecule has 1 aromatic rings. The Kier molecular flexibility index (Phi) is 4.17. The molecule has 0 aliphatic carbocycles. The zero-order valence-corrected chi connectivity index (χ0v) is 10.9. The topological polar surface area (TPSA) is 29.3 Å². The van der Waals surface area contributed by atoms with E-state index in [1.54, 1.807) is 0 Å². The number of nitrogens with zero attached hydrogens (tertiary/aromatic N) is 1. The van der Waals surface area contributed by atoms with Crippen molar-refractivity contribution in [2.24, 2.45) is 11.7 Å². The van der Waals surface area contributed by atoms with Gasteiger partial charge in [-0.1, -0.05) is 6.92 Å². The molecule has 2 nitrogen and oxygen atoms in total. The van der Waals surface area contributed by atoms with Crippen LogP contribution in [0.2, 0.25) is 0 Å². The molecule has 1 aliphatic heterocycles. The monoisotopic (exact) mass is 294 g/mol. The lowest BCUT2D eigenvalue weighted by atomic mass is 9.92. The zero-order valence-electron chi connectivity index (χ0n) is 10.9. The molecule has 0 spiro atoms. The molecule has 2 atom stereocenters. The minimum atomic E-state index is -2.14. The van der Waals surface area contributed by atoms with Crippen LogP contribution < -0.4 is 10.6 Å². The highest BCUT2D eigenvalue weighted by molar-refractivity contribution is 5.52. The molecule has 2 unspecified atom stereocenters. The van der Waals surface area contributed by atoms with Crippen LogP contribution >= 0.6 is 0 Å². The quantitative estimate of drug-likeness (QED) is 0.516. The van der Waals surface area contributed by atoms with Gasteiger partial charge in [0.05, 0.1) is 0 Å². The lowest BCUT2D eigenvalue weighted by molar-refractivity contribution is 0.343. The molecule has 112 valence electrons. The second-order valence-corrected chi connectivity index (χ2v) is 5.13. The maximum Gasteiger partial charge on any atom is 0.200 e. The van der Waals surface area contributed by atoms with Crippen LogP contribution in [0, 0.1) is 35.0 Å². The molecule has 1 aromatic carbocycles. The minimum absolute atomic E-state index is 0.0871. The smallest absolute Gasteiger partial charge is 0.200 e. The Bertz CT molecular complexity index is 491. The van der Waals surface area contributed by atoms with Crippen LogP contribution in [-0.2, 0) is 0 Å². The van der Waals surface area contributed by atoms with Gasteiger partial charge in [0.15, 0.2) is 23.3 Å². The first kappa shape index (κ1) is 15.0. The van der Waals surface area contributed by atoms with Crippen LogP contribution in [0.15, 0.2) is 0 Å². The first-order valence-electron chi connectivity index (χ1n) is 6.36. The minimum Gasteiger partial charge on any atom is -0.362 e. The summed E-state index contributed by atoms with van der Waals surface area (Å²) in [5.74, 6) is -9.29. The van der Waals surface area contributed by atoms with E-state index in [1.807, 2.05) is 6.92 Å². The standard InChI is InChI=1S/C13H15F5N2/c1-6-2-3-20(7(4-6)5-19)13-11(17)9(15)8(14)10(16)12(13)18/h6-7H,2-5,19H2,1H3. The van der Waals surface area contributed by atoms with Crippen molar-refractivity contribution >= 4 is 5.69 Å². The van der Waals surface area contributed by atoms with Crippen molar-refractivity contribution in [2.75, 3.05) is 18.0 Å². The average molecular weight is 294 g/mol. The molecule has 1 saturated heterocycles. The lowest BCUT2D eigenvalue weighted by Crippen LogP contribution is -2.47. The van der Waals surface area contributed by atoms with Gasteiger partial charge in [0.25, 0.3) is 0 Å².